The molecule has 0 aromatic carbocycles. The van der Waals surface area contributed by atoms with E-state index in [2.05, 4.69) is 4.98 Å². The van der Waals surface area contributed by atoms with E-state index in [1.165, 1.54) is 0 Å². The second-order valence-corrected chi connectivity index (χ2v) is 1.66. The van der Waals surface area contributed by atoms with E-state index in [-0.39, 0.29) is 56.9 Å². The van der Waals surface area contributed by atoms with Gasteiger partial charge in [0, 0.05) is 11.8 Å². The summed E-state index contributed by atoms with van der Waals surface area (Å²) in [7, 11) is 0. The SMILES string of the molecule is O=C([O-])c1ccc(F)nc1.[K+]. The van der Waals surface area contributed by atoms with Crippen LogP contribution in [0.2, 0.25) is 0 Å². The summed E-state index contributed by atoms with van der Waals surface area (Å²) >= 11 is 0. The molecule has 0 spiro atoms. The van der Waals surface area contributed by atoms with Crippen LogP contribution >= 0.6 is 0 Å². The van der Waals surface area contributed by atoms with Crippen LogP contribution in [0.25, 0.3) is 0 Å². The molecular formula is C6H3FKNO2. The van der Waals surface area contributed by atoms with Crippen LogP contribution in [0, 0.1) is 5.95 Å². The van der Waals surface area contributed by atoms with Crippen molar-refractivity contribution in [2.75, 3.05) is 0 Å². The summed E-state index contributed by atoms with van der Waals surface area (Å²) in [5, 5.41) is 10.0. The zero-order valence-corrected chi connectivity index (χ0v) is 9.00. The number of carboxylic acids is 1. The molecule has 0 unspecified atom stereocenters. The quantitative estimate of drug-likeness (QED) is 0.333. The molecule has 0 bridgehead atoms. The predicted octanol–water partition coefficient (Wildman–Crippen LogP) is -3.41. The Morgan fingerprint density at radius 1 is 1.55 bits per heavy atom. The van der Waals surface area contributed by atoms with Crippen molar-refractivity contribution in [3.05, 3.63) is 29.8 Å². The summed E-state index contributed by atoms with van der Waals surface area (Å²) in [6, 6.07) is 2.06. The summed E-state index contributed by atoms with van der Waals surface area (Å²) in [5.41, 5.74) is -0.124. The molecule has 0 amide bonds. The van der Waals surface area contributed by atoms with E-state index >= 15 is 0 Å². The van der Waals surface area contributed by atoms with Gasteiger partial charge in [-0.25, -0.2) is 4.98 Å². The minimum absolute atomic E-state index is 0. The Bertz CT molecular complexity index is 249. The Hall–Kier alpha value is 0.186. The van der Waals surface area contributed by atoms with Crippen molar-refractivity contribution in [3.63, 3.8) is 0 Å². The Morgan fingerprint density at radius 2 is 2.18 bits per heavy atom. The largest absolute Gasteiger partial charge is 1.00 e. The summed E-state index contributed by atoms with van der Waals surface area (Å²) < 4.78 is 12.0. The summed E-state index contributed by atoms with van der Waals surface area (Å²) in [5.74, 6) is -2.06. The molecule has 0 saturated heterocycles. The number of pyridine rings is 1. The van der Waals surface area contributed by atoms with Crippen molar-refractivity contribution in [3.8, 4) is 0 Å². The second kappa shape index (κ2) is 4.94. The van der Waals surface area contributed by atoms with E-state index in [1.54, 1.807) is 0 Å². The number of halogens is 1. The van der Waals surface area contributed by atoms with Crippen LogP contribution in [-0.4, -0.2) is 11.0 Å². The molecule has 0 aliphatic carbocycles. The average molecular weight is 179 g/mol. The molecule has 1 heterocycles. The third kappa shape index (κ3) is 3.39. The van der Waals surface area contributed by atoms with Crippen molar-refractivity contribution < 1.29 is 65.7 Å². The minimum Gasteiger partial charge on any atom is -0.545 e. The number of aromatic carboxylic acids is 1. The number of aromatic nitrogens is 1. The van der Waals surface area contributed by atoms with Crippen LogP contribution in [-0.2, 0) is 0 Å². The van der Waals surface area contributed by atoms with Crippen LogP contribution in [0.1, 0.15) is 10.4 Å². The first-order chi connectivity index (χ1) is 4.70. The fraction of sp³-hybridized carbons (Fsp3) is 0. The van der Waals surface area contributed by atoms with Gasteiger partial charge in [-0.15, -0.1) is 0 Å². The first-order valence-electron chi connectivity index (χ1n) is 2.53. The zero-order valence-electron chi connectivity index (χ0n) is 5.87. The van der Waals surface area contributed by atoms with Gasteiger partial charge in [-0.3, -0.25) is 0 Å². The molecule has 1 rings (SSSR count). The Morgan fingerprint density at radius 3 is 2.55 bits per heavy atom. The maximum absolute atomic E-state index is 12.0. The Balaban J connectivity index is 0.000001000. The number of hydrogen-bond donors (Lipinski definition) is 0. The molecule has 0 radical (unpaired) electrons. The monoisotopic (exact) mass is 179 g/mol. The third-order valence-corrected chi connectivity index (χ3v) is 0.963. The summed E-state index contributed by atoms with van der Waals surface area (Å²) in [4.78, 5) is 13.2. The van der Waals surface area contributed by atoms with E-state index < -0.39 is 11.9 Å². The molecule has 3 nitrogen and oxygen atoms in total. The molecular weight excluding hydrogens is 176 g/mol. The van der Waals surface area contributed by atoms with Gasteiger partial charge < -0.3 is 9.90 Å². The average Bonchev–Trinajstić information content (AvgIpc) is 1.88. The maximum Gasteiger partial charge on any atom is 1.00 e. The Kier molecular flexibility index (Phi) is 5.03. The normalized spacial score (nSPS) is 8.45. The smallest absolute Gasteiger partial charge is 0.545 e. The summed E-state index contributed by atoms with van der Waals surface area (Å²) in [6.07, 6.45) is 0.907. The predicted molar refractivity (Wildman–Crippen MR) is 28.5 cm³/mol. The van der Waals surface area contributed by atoms with Gasteiger partial charge in [0.05, 0.1) is 5.97 Å². The molecule has 0 aliphatic heterocycles. The molecule has 1 aromatic rings. The number of carbonyl (C=O) groups excluding carboxylic acids is 1. The molecule has 0 saturated carbocycles. The number of carboxylic acid groups (broad SMARTS) is 1. The van der Waals surface area contributed by atoms with Gasteiger partial charge >= 0.3 is 51.4 Å². The van der Waals surface area contributed by atoms with Gasteiger partial charge in [-0.1, -0.05) is 0 Å². The second-order valence-electron chi connectivity index (χ2n) is 1.66. The van der Waals surface area contributed by atoms with E-state index in [1.807, 2.05) is 0 Å². The van der Waals surface area contributed by atoms with Crippen LogP contribution < -0.4 is 56.5 Å². The minimum atomic E-state index is -1.35. The van der Waals surface area contributed by atoms with Crippen LogP contribution in [0.15, 0.2) is 18.3 Å². The first kappa shape index (κ1) is 11.2. The number of rotatable bonds is 1. The number of carbonyl (C=O) groups is 1. The van der Waals surface area contributed by atoms with Gasteiger partial charge in [0.2, 0.25) is 5.95 Å². The van der Waals surface area contributed by atoms with Crippen molar-refractivity contribution in [2.24, 2.45) is 0 Å². The molecule has 1 aromatic heterocycles. The first-order valence-corrected chi connectivity index (χ1v) is 2.53. The number of hydrogen-bond acceptors (Lipinski definition) is 3. The molecule has 0 atom stereocenters. The Labute approximate surface area is 105 Å². The molecule has 0 fully saturated rings. The summed E-state index contributed by atoms with van der Waals surface area (Å²) in [6.45, 7) is 0. The maximum atomic E-state index is 12.0. The standard InChI is InChI=1S/C6H4FNO2.K/c7-5-2-1-4(3-8-5)6(9)10;/h1-3H,(H,9,10);/q;+1/p-1. The number of nitrogens with zero attached hydrogens (tertiary/aromatic N) is 1. The van der Waals surface area contributed by atoms with Gasteiger partial charge in [-0.05, 0) is 12.1 Å². The van der Waals surface area contributed by atoms with Gasteiger partial charge in [0.25, 0.3) is 0 Å². The molecule has 5 heteroatoms. The molecule has 11 heavy (non-hydrogen) atoms. The fourth-order valence-corrected chi connectivity index (χ4v) is 0.497. The molecule has 0 aliphatic rings. The fourth-order valence-electron chi connectivity index (χ4n) is 0.497. The van der Waals surface area contributed by atoms with E-state index in [0.717, 1.165) is 18.3 Å². The van der Waals surface area contributed by atoms with E-state index in [9.17, 15) is 14.3 Å². The van der Waals surface area contributed by atoms with Crippen molar-refractivity contribution >= 4 is 5.97 Å². The molecule has 0 N–H and O–H groups in total. The van der Waals surface area contributed by atoms with Gasteiger partial charge in [-0.2, -0.15) is 4.39 Å². The topological polar surface area (TPSA) is 53.0 Å². The van der Waals surface area contributed by atoms with E-state index in [0.29, 0.717) is 0 Å². The van der Waals surface area contributed by atoms with Crippen LogP contribution in [0.4, 0.5) is 4.39 Å². The van der Waals surface area contributed by atoms with E-state index in [4.69, 9.17) is 0 Å². The zero-order chi connectivity index (χ0) is 7.56. The van der Waals surface area contributed by atoms with Gasteiger partial charge in [0.1, 0.15) is 0 Å². The van der Waals surface area contributed by atoms with Crippen molar-refractivity contribution in [1.29, 1.82) is 0 Å². The third-order valence-electron chi connectivity index (χ3n) is 0.963. The van der Waals surface area contributed by atoms with Crippen LogP contribution in [0.5, 0.6) is 0 Å². The van der Waals surface area contributed by atoms with Crippen LogP contribution in [0.3, 0.4) is 0 Å². The van der Waals surface area contributed by atoms with Crippen molar-refractivity contribution in [2.45, 2.75) is 0 Å². The van der Waals surface area contributed by atoms with Crippen molar-refractivity contribution in [1.82, 2.24) is 4.98 Å². The molecule has 52 valence electrons. The van der Waals surface area contributed by atoms with Gasteiger partial charge in [0.15, 0.2) is 0 Å².